The van der Waals surface area contributed by atoms with E-state index in [-0.39, 0.29) is 6.79 Å². The van der Waals surface area contributed by atoms with Crippen LogP contribution in [-0.2, 0) is 0 Å². The predicted molar refractivity (Wildman–Crippen MR) is 97.2 cm³/mol. The SMILES string of the molecule is COc1cc(/C=N/Nc2ncnc3sc(C)c(C)c23)cc2c1OCO2. The van der Waals surface area contributed by atoms with Crippen molar-refractivity contribution in [2.45, 2.75) is 13.8 Å². The molecule has 1 aliphatic heterocycles. The topological polar surface area (TPSA) is 77.9 Å². The average Bonchev–Trinajstić information content (AvgIpc) is 3.19. The fourth-order valence-corrected chi connectivity index (χ4v) is 3.66. The van der Waals surface area contributed by atoms with Crippen LogP contribution in [-0.4, -0.2) is 30.1 Å². The summed E-state index contributed by atoms with van der Waals surface area (Å²) >= 11 is 1.65. The maximum Gasteiger partial charge on any atom is 0.231 e. The highest BCUT2D eigenvalue weighted by Crippen LogP contribution is 2.41. The molecule has 25 heavy (non-hydrogen) atoms. The molecule has 0 unspecified atom stereocenters. The van der Waals surface area contributed by atoms with Gasteiger partial charge in [-0.05, 0) is 31.5 Å². The van der Waals surface area contributed by atoms with E-state index in [0.717, 1.165) is 15.8 Å². The van der Waals surface area contributed by atoms with E-state index >= 15 is 0 Å². The van der Waals surface area contributed by atoms with Crippen LogP contribution in [0.1, 0.15) is 16.0 Å². The quantitative estimate of drug-likeness (QED) is 0.569. The Labute approximate surface area is 148 Å². The molecule has 3 aromatic rings. The van der Waals surface area contributed by atoms with Crippen molar-refractivity contribution in [3.63, 3.8) is 0 Å². The summed E-state index contributed by atoms with van der Waals surface area (Å²) in [5.41, 5.74) is 5.01. The van der Waals surface area contributed by atoms with Gasteiger partial charge >= 0.3 is 0 Å². The first-order valence-electron chi connectivity index (χ1n) is 7.65. The third kappa shape index (κ3) is 2.74. The van der Waals surface area contributed by atoms with Gasteiger partial charge in [0.05, 0.1) is 18.7 Å². The second kappa shape index (κ2) is 6.21. The van der Waals surface area contributed by atoms with Crippen molar-refractivity contribution in [2.75, 3.05) is 19.3 Å². The van der Waals surface area contributed by atoms with Gasteiger partial charge in [0.25, 0.3) is 0 Å². The van der Waals surface area contributed by atoms with Gasteiger partial charge in [0.15, 0.2) is 17.3 Å². The Hall–Kier alpha value is -2.87. The lowest BCUT2D eigenvalue weighted by atomic mass is 10.2. The van der Waals surface area contributed by atoms with Crippen LogP contribution in [0.5, 0.6) is 17.2 Å². The van der Waals surface area contributed by atoms with Crippen LogP contribution in [0.15, 0.2) is 23.6 Å². The molecule has 3 heterocycles. The molecule has 0 saturated carbocycles. The molecule has 0 amide bonds. The zero-order chi connectivity index (χ0) is 17.4. The minimum Gasteiger partial charge on any atom is -0.493 e. The molecule has 4 rings (SSSR count). The number of thiophene rings is 1. The minimum absolute atomic E-state index is 0.195. The first kappa shape index (κ1) is 15.6. The number of anilines is 1. The fourth-order valence-electron chi connectivity index (χ4n) is 2.66. The van der Waals surface area contributed by atoms with Gasteiger partial charge in [-0.3, -0.25) is 5.43 Å². The van der Waals surface area contributed by atoms with Crippen molar-refractivity contribution in [1.29, 1.82) is 0 Å². The van der Waals surface area contributed by atoms with Crippen molar-refractivity contribution in [1.82, 2.24) is 9.97 Å². The van der Waals surface area contributed by atoms with Gasteiger partial charge < -0.3 is 14.2 Å². The molecule has 0 bridgehead atoms. The molecular weight excluding hydrogens is 340 g/mol. The maximum atomic E-state index is 5.42. The Morgan fingerprint density at radius 3 is 3.00 bits per heavy atom. The summed E-state index contributed by atoms with van der Waals surface area (Å²) in [4.78, 5) is 10.8. The predicted octanol–water partition coefficient (Wildman–Crippen LogP) is 3.49. The van der Waals surface area contributed by atoms with Crippen LogP contribution in [0, 0.1) is 13.8 Å². The number of benzene rings is 1. The molecule has 1 aromatic carbocycles. The van der Waals surface area contributed by atoms with E-state index < -0.39 is 0 Å². The molecule has 0 saturated heterocycles. The van der Waals surface area contributed by atoms with Gasteiger partial charge in [0.2, 0.25) is 12.5 Å². The number of methoxy groups -OCH3 is 1. The van der Waals surface area contributed by atoms with E-state index in [1.807, 2.05) is 12.1 Å². The minimum atomic E-state index is 0.195. The second-order valence-corrected chi connectivity index (χ2v) is 6.72. The molecule has 2 aromatic heterocycles. The van der Waals surface area contributed by atoms with Gasteiger partial charge in [-0.1, -0.05) is 0 Å². The molecule has 8 heteroatoms. The highest BCUT2D eigenvalue weighted by atomic mass is 32.1. The zero-order valence-electron chi connectivity index (χ0n) is 14.0. The van der Waals surface area contributed by atoms with Crippen molar-refractivity contribution in [3.05, 3.63) is 34.5 Å². The molecule has 1 aliphatic rings. The first-order valence-corrected chi connectivity index (χ1v) is 8.46. The third-order valence-electron chi connectivity index (χ3n) is 4.03. The van der Waals surface area contributed by atoms with Crippen molar-refractivity contribution < 1.29 is 14.2 Å². The first-order chi connectivity index (χ1) is 12.2. The monoisotopic (exact) mass is 356 g/mol. The van der Waals surface area contributed by atoms with E-state index in [1.54, 1.807) is 31.0 Å². The summed E-state index contributed by atoms with van der Waals surface area (Å²) in [5, 5.41) is 5.31. The molecule has 0 fully saturated rings. The second-order valence-electron chi connectivity index (χ2n) is 5.51. The van der Waals surface area contributed by atoms with Gasteiger partial charge in [-0.2, -0.15) is 5.10 Å². The van der Waals surface area contributed by atoms with Crippen molar-refractivity contribution >= 4 is 33.6 Å². The number of aromatic nitrogens is 2. The number of aryl methyl sites for hydroxylation is 2. The van der Waals surface area contributed by atoms with Crippen LogP contribution in [0.25, 0.3) is 10.2 Å². The Morgan fingerprint density at radius 2 is 2.16 bits per heavy atom. The van der Waals surface area contributed by atoms with Gasteiger partial charge in [-0.15, -0.1) is 11.3 Å². The van der Waals surface area contributed by atoms with Crippen LogP contribution < -0.4 is 19.6 Å². The molecule has 128 valence electrons. The zero-order valence-corrected chi connectivity index (χ0v) is 14.8. The van der Waals surface area contributed by atoms with Crippen LogP contribution in [0.3, 0.4) is 0 Å². The third-order valence-corrected chi connectivity index (χ3v) is 5.15. The normalized spacial score (nSPS) is 12.9. The van der Waals surface area contributed by atoms with E-state index in [9.17, 15) is 0 Å². The van der Waals surface area contributed by atoms with Crippen LogP contribution in [0.2, 0.25) is 0 Å². The smallest absolute Gasteiger partial charge is 0.231 e. The fraction of sp³-hybridized carbons (Fsp3) is 0.235. The number of rotatable bonds is 4. The van der Waals surface area contributed by atoms with Gasteiger partial charge in [-0.25, -0.2) is 9.97 Å². The summed E-state index contributed by atoms with van der Waals surface area (Å²) in [6.45, 7) is 4.34. The highest BCUT2D eigenvalue weighted by molar-refractivity contribution is 7.18. The lowest BCUT2D eigenvalue weighted by Crippen LogP contribution is -1.96. The molecule has 0 atom stereocenters. The standard InChI is InChI=1S/C17H16N4O3S/c1-9-10(2)25-17-14(9)16(18-7-19-17)21-20-6-11-4-12(22-3)15-13(5-11)23-8-24-15/h4-7H,8H2,1-3H3,(H,18,19,21)/b20-6+. The lowest BCUT2D eigenvalue weighted by Gasteiger charge is -2.06. The number of hydrazone groups is 1. The Balaban J connectivity index is 1.62. The molecule has 0 spiro atoms. The van der Waals surface area contributed by atoms with Crippen LogP contribution >= 0.6 is 11.3 Å². The summed E-state index contributed by atoms with van der Waals surface area (Å²) in [5.74, 6) is 2.57. The molecule has 1 N–H and O–H groups in total. The summed E-state index contributed by atoms with van der Waals surface area (Å²) < 4.78 is 16.1. The number of hydrogen-bond donors (Lipinski definition) is 1. The number of ether oxygens (including phenoxy) is 3. The summed E-state index contributed by atoms with van der Waals surface area (Å²) in [6.07, 6.45) is 3.23. The van der Waals surface area contributed by atoms with Crippen molar-refractivity contribution in [3.8, 4) is 17.2 Å². The van der Waals surface area contributed by atoms with Gasteiger partial charge in [0.1, 0.15) is 11.2 Å². The van der Waals surface area contributed by atoms with E-state index in [2.05, 4.69) is 34.3 Å². The van der Waals surface area contributed by atoms with E-state index in [1.165, 1.54) is 10.4 Å². The Bertz CT molecular complexity index is 984. The summed E-state index contributed by atoms with van der Waals surface area (Å²) in [7, 11) is 1.59. The molecular formula is C17H16N4O3S. The molecule has 7 nitrogen and oxygen atoms in total. The number of hydrogen-bond acceptors (Lipinski definition) is 8. The average molecular weight is 356 g/mol. The summed E-state index contributed by atoms with van der Waals surface area (Å²) in [6, 6.07) is 3.69. The Kier molecular flexibility index (Phi) is 3.89. The molecule has 0 aliphatic carbocycles. The van der Waals surface area contributed by atoms with E-state index in [4.69, 9.17) is 14.2 Å². The molecule has 0 radical (unpaired) electrons. The lowest BCUT2D eigenvalue weighted by molar-refractivity contribution is 0.171. The van der Waals surface area contributed by atoms with E-state index in [0.29, 0.717) is 23.1 Å². The highest BCUT2D eigenvalue weighted by Gasteiger charge is 2.19. The van der Waals surface area contributed by atoms with Crippen LogP contribution in [0.4, 0.5) is 5.82 Å². The van der Waals surface area contributed by atoms with Crippen molar-refractivity contribution in [2.24, 2.45) is 5.10 Å². The van der Waals surface area contributed by atoms with Gasteiger partial charge in [0, 0.05) is 10.4 Å². The Morgan fingerprint density at radius 1 is 1.28 bits per heavy atom. The number of nitrogens with zero attached hydrogens (tertiary/aromatic N) is 3. The largest absolute Gasteiger partial charge is 0.493 e. The maximum absolute atomic E-state index is 5.42. The number of nitrogens with one attached hydrogen (secondary N) is 1. The number of fused-ring (bicyclic) bond motifs is 2.